The molecule has 0 saturated carbocycles. The average Bonchev–Trinajstić information content (AvgIpc) is 3.39. The molecule has 2 aliphatic heterocycles. The number of carbonyl (C=O) groups excluding carboxylic acids is 6. The van der Waals surface area contributed by atoms with Crippen molar-refractivity contribution >= 4 is 35.6 Å². The summed E-state index contributed by atoms with van der Waals surface area (Å²) in [7, 11) is 1.38. The Bertz CT molecular complexity index is 1820. The number of benzene rings is 4. The van der Waals surface area contributed by atoms with Gasteiger partial charge in [-0.15, -0.1) is 0 Å². The number of amides is 4. The predicted octanol–water partition coefficient (Wildman–Crippen LogP) is 3.90. The number of hydrogen-bond donors (Lipinski definition) is 1. The van der Waals surface area contributed by atoms with Crippen LogP contribution in [0.1, 0.15) is 62.1 Å². The number of nitrogens with one attached hydrogen (secondary N) is 1. The molecule has 0 aromatic heterocycles. The van der Waals surface area contributed by atoms with Crippen LogP contribution in [0.5, 0.6) is 11.5 Å². The van der Waals surface area contributed by atoms with E-state index in [1.54, 1.807) is 48.5 Å². The molecule has 0 unspecified atom stereocenters. The van der Waals surface area contributed by atoms with E-state index in [9.17, 15) is 28.8 Å². The first-order chi connectivity index (χ1) is 19.7. The Hall–Kier alpha value is -5.90. The molecule has 0 bridgehead atoms. The molecule has 0 radical (unpaired) electrons. The van der Waals surface area contributed by atoms with Crippen LogP contribution in [0.25, 0.3) is 11.1 Å². The molecular formula is C31H18N2O8. The molecule has 0 aliphatic carbocycles. The summed E-state index contributed by atoms with van der Waals surface area (Å²) in [6.07, 6.45) is 0. The molecule has 0 fully saturated rings. The van der Waals surface area contributed by atoms with Crippen molar-refractivity contribution in [3.63, 3.8) is 0 Å². The molecule has 10 heteroatoms. The Kier molecular flexibility index (Phi) is 6.00. The highest BCUT2D eigenvalue weighted by Crippen LogP contribution is 2.27. The highest BCUT2D eigenvalue weighted by molar-refractivity contribution is 6.22. The minimum Gasteiger partial charge on any atom is -0.423 e. The van der Waals surface area contributed by atoms with Gasteiger partial charge in [-0.25, -0.2) is 9.59 Å². The lowest BCUT2D eigenvalue weighted by molar-refractivity contribution is 0.0688. The maximum Gasteiger partial charge on any atom is 0.343 e. The van der Waals surface area contributed by atoms with E-state index < -0.39 is 35.6 Å². The fraction of sp³-hybridized carbons (Fsp3) is 0.0323. The molecular weight excluding hydrogens is 528 g/mol. The number of rotatable bonds is 5. The van der Waals surface area contributed by atoms with Gasteiger partial charge in [-0.05, 0) is 71.8 Å². The standard InChI is InChI=1S/C31H18N2O8/c1-33-28(36)23-13-7-19(15-25(23)29(33)37)31(39)41-21-10-4-17(5-11-21)16-2-8-20(9-3-16)40-30(38)18-6-12-22-24(14-18)27(35)32-26(22)34/h2-15H,1H3,(H,32,34,35). The summed E-state index contributed by atoms with van der Waals surface area (Å²) in [6, 6.07) is 21.8. The van der Waals surface area contributed by atoms with Gasteiger partial charge in [0.05, 0.1) is 33.4 Å². The second kappa shape index (κ2) is 9.69. The first kappa shape index (κ1) is 25.4. The number of fused-ring (bicyclic) bond motifs is 2. The Labute approximate surface area is 232 Å². The molecule has 4 aromatic rings. The van der Waals surface area contributed by atoms with Crippen LogP contribution in [0.2, 0.25) is 0 Å². The van der Waals surface area contributed by atoms with E-state index in [0.29, 0.717) is 0 Å². The van der Waals surface area contributed by atoms with Crippen molar-refractivity contribution in [2.45, 2.75) is 0 Å². The fourth-order valence-electron chi connectivity index (χ4n) is 4.55. The lowest BCUT2D eigenvalue weighted by atomic mass is 10.0. The van der Waals surface area contributed by atoms with E-state index in [2.05, 4.69) is 5.32 Å². The molecule has 0 spiro atoms. The van der Waals surface area contributed by atoms with E-state index in [1.807, 2.05) is 0 Å². The zero-order valence-corrected chi connectivity index (χ0v) is 21.3. The van der Waals surface area contributed by atoms with E-state index in [0.717, 1.165) is 16.0 Å². The van der Waals surface area contributed by atoms with Crippen molar-refractivity contribution in [1.82, 2.24) is 10.2 Å². The third-order valence-electron chi connectivity index (χ3n) is 6.76. The summed E-state index contributed by atoms with van der Waals surface area (Å²) in [4.78, 5) is 74.0. The molecule has 0 saturated heterocycles. The van der Waals surface area contributed by atoms with Crippen LogP contribution >= 0.6 is 0 Å². The fourth-order valence-corrected chi connectivity index (χ4v) is 4.55. The second-order valence-electron chi connectivity index (χ2n) is 9.30. The molecule has 1 N–H and O–H groups in total. The first-order valence-electron chi connectivity index (χ1n) is 12.3. The third kappa shape index (κ3) is 4.53. The van der Waals surface area contributed by atoms with Crippen LogP contribution in [-0.2, 0) is 0 Å². The van der Waals surface area contributed by atoms with E-state index in [-0.39, 0.29) is 44.9 Å². The SMILES string of the molecule is CN1C(=O)c2ccc(C(=O)Oc3ccc(-c4ccc(OC(=O)c5ccc6c(c5)C(=O)NC6=O)cc4)cc3)cc2C1=O. The monoisotopic (exact) mass is 546 g/mol. The van der Waals surface area contributed by atoms with Gasteiger partial charge in [0.25, 0.3) is 23.6 Å². The highest BCUT2D eigenvalue weighted by Gasteiger charge is 2.33. The highest BCUT2D eigenvalue weighted by atomic mass is 16.5. The summed E-state index contributed by atoms with van der Waals surface area (Å²) >= 11 is 0. The molecule has 2 heterocycles. The molecule has 41 heavy (non-hydrogen) atoms. The number of ether oxygens (including phenoxy) is 2. The minimum absolute atomic E-state index is 0.126. The molecule has 6 rings (SSSR count). The van der Waals surface area contributed by atoms with E-state index >= 15 is 0 Å². The lowest BCUT2D eigenvalue weighted by Crippen LogP contribution is -2.24. The Balaban J connectivity index is 1.10. The van der Waals surface area contributed by atoms with Crippen LogP contribution in [0.4, 0.5) is 0 Å². The zero-order chi connectivity index (χ0) is 28.8. The smallest absolute Gasteiger partial charge is 0.343 e. The maximum atomic E-state index is 12.6. The first-order valence-corrected chi connectivity index (χ1v) is 12.3. The summed E-state index contributed by atoms with van der Waals surface area (Å²) in [6.45, 7) is 0. The van der Waals surface area contributed by atoms with Crippen molar-refractivity contribution in [1.29, 1.82) is 0 Å². The van der Waals surface area contributed by atoms with Crippen molar-refractivity contribution in [3.8, 4) is 22.6 Å². The number of hydrogen-bond acceptors (Lipinski definition) is 8. The van der Waals surface area contributed by atoms with Gasteiger partial charge in [0, 0.05) is 7.05 Å². The zero-order valence-electron chi connectivity index (χ0n) is 21.3. The second-order valence-corrected chi connectivity index (χ2v) is 9.30. The molecule has 2 aliphatic rings. The molecule has 0 atom stereocenters. The van der Waals surface area contributed by atoms with Crippen LogP contribution < -0.4 is 14.8 Å². The van der Waals surface area contributed by atoms with Gasteiger partial charge < -0.3 is 9.47 Å². The average molecular weight is 546 g/mol. The number of esters is 2. The number of carbonyl (C=O) groups is 6. The quantitative estimate of drug-likeness (QED) is 0.226. The minimum atomic E-state index is -0.676. The summed E-state index contributed by atoms with van der Waals surface area (Å²) in [5, 5.41) is 2.17. The van der Waals surface area contributed by atoms with Crippen LogP contribution in [0, 0.1) is 0 Å². The van der Waals surface area contributed by atoms with Crippen molar-refractivity contribution in [2.24, 2.45) is 0 Å². The van der Waals surface area contributed by atoms with E-state index in [4.69, 9.17) is 9.47 Å². The van der Waals surface area contributed by atoms with Gasteiger partial charge in [0.15, 0.2) is 0 Å². The van der Waals surface area contributed by atoms with Gasteiger partial charge in [-0.3, -0.25) is 29.4 Å². The summed E-state index contributed by atoms with van der Waals surface area (Å²) in [5.74, 6) is -2.73. The molecule has 4 aromatic carbocycles. The van der Waals surface area contributed by atoms with Crippen LogP contribution in [0.3, 0.4) is 0 Å². The summed E-state index contributed by atoms with van der Waals surface area (Å²) < 4.78 is 10.8. The number of imide groups is 2. The summed E-state index contributed by atoms with van der Waals surface area (Å²) in [5.41, 5.74) is 2.63. The lowest BCUT2D eigenvalue weighted by Gasteiger charge is -2.08. The van der Waals surface area contributed by atoms with Crippen molar-refractivity contribution in [3.05, 3.63) is 118 Å². The topological polar surface area (TPSA) is 136 Å². The molecule has 200 valence electrons. The normalized spacial score (nSPS) is 13.5. The van der Waals surface area contributed by atoms with Crippen molar-refractivity contribution < 1.29 is 38.2 Å². The van der Waals surface area contributed by atoms with E-state index in [1.165, 1.54) is 43.4 Å². The number of nitrogens with zero attached hydrogens (tertiary/aromatic N) is 1. The van der Waals surface area contributed by atoms with Gasteiger partial charge in [0.2, 0.25) is 0 Å². The molecule has 4 amide bonds. The van der Waals surface area contributed by atoms with Gasteiger partial charge in [0.1, 0.15) is 11.5 Å². The Morgan fingerprint density at radius 1 is 0.561 bits per heavy atom. The van der Waals surface area contributed by atoms with Crippen LogP contribution in [0.15, 0.2) is 84.9 Å². The van der Waals surface area contributed by atoms with Crippen molar-refractivity contribution in [2.75, 3.05) is 7.05 Å². The third-order valence-corrected chi connectivity index (χ3v) is 6.76. The Morgan fingerprint density at radius 2 is 1.00 bits per heavy atom. The molecule has 10 nitrogen and oxygen atoms in total. The van der Waals surface area contributed by atoms with Gasteiger partial charge in [-0.1, -0.05) is 24.3 Å². The van der Waals surface area contributed by atoms with Gasteiger partial charge >= 0.3 is 11.9 Å². The van der Waals surface area contributed by atoms with Crippen LogP contribution in [-0.4, -0.2) is 47.5 Å². The predicted molar refractivity (Wildman–Crippen MR) is 143 cm³/mol. The maximum absolute atomic E-state index is 12.6. The Morgan fingerprint density at radius 3 is 1.54 bits per heavy atom. The largest absolute Gasteiger partial charge is 0.423 e. The van der Waals surface area contributed by atoms with Gasteiger partial charge in [-0.2, -0.15) is 0 Å².